The molecule has 2 aliphatic rings. The number of nitrogens with zero attached hydrogens (tertiary/aromatic N) is 2. The summed E-state index contributed by atoms with van der Waals surface area (Å²) in [5, 5.41) is 0. The predicted octanol–water partition coefficient (Wildman–Crippen LogP) is -0.901. The molecule has 0 saturated carbocycles. The highest BCUT2D eigenvalue weighted by Crippen LogP contribution is 2.35. The van der Waals surface area contributed by atoms with Crippen molar-refractivity contribution in [1.82, 2.24) is 0 Å². The summed E-state index contributed by atoms with van der Waals surface area (Å²) in [6.07, 6.45) is 0. The van der Waals surface area contributed by atoms with Gasteiger partial charge in [-0.05, 0) is 24.6 Å². The quantitative estimate of drug-likeness (QED) is 0.630. The summed E-state index contributed by atoms with van der Waals surface area (Å²) in [6, 6.07) is 17.6. The fourth-order valence-corrected chi connectivity index (χ4v) is 3.67. The lowest BCUT2D eigenvalue weighted by Gasteiger charge is -2.25. The van der Waals surface area contributed by atoms with Gasteiger partial charge in [-0.15, -0.1) is 10.9 Å². The highest BCUT2D eigenvalue weighted by Gasteiger charge is 2.35. The molecule has 9 heteroatoms. The number of carbonyl (C=O) groups is 1. The number of anilines is 1. The van der Waals surface area contributed by atoms with E-state index >= 15 is 0 Å². The molecular weight excluding hydrogens is 380 g/mol. The molecule has 0 saturated heterocycles. The molecule has 0 spiro atoms. The monoisotopic (exact) mass is 392 g/mol. The van der Waals surface area contributed by atoms with Gasteiger partial charge in [-0.2, -0.15) is 14.0 Å². The molecule has 0 atom stereocenters. The Kier molecular flexibility index (Phi) is 5.05. The van der Waals surface area contributed by atoms with Gasteiger partial charge in [-0.25, -0.2) is 4.99 Å². The average molecular weight is 393 g/mol. The largest absolute Gasteiger partial charge is 0.274 e. The van der Waals surface area contributed by atoms with Crippen molar-refractivity contribution in [1.29, 1.82) is 0 Å². The fraction of sp³-hybridized carbons (Fsp3) is 0.0588. The van der Waals surface area contributed by atoms with Gasteiger partial charge >= 0.3 is 0 Å². The second-order valence-electron chi connectivity index (χ2n) is 5.32. The standard InChI is InChI=1S/C17H12N2OS.ClHO4/c1-11-17-19(14-10-6-5-9-13(14)18-11)16(20)15(21-17)12-7-3-2-4-8-12;2-1(3,4)5/h2-10H,1H3;(H,2,3,4,5). The van der Waals surface area contributed by atoms with Crippen LogP contribution in [0.25, 0.3) is 0 Å². The van der Waals surface area contributed by atoms with Gasteiger partial charge in [-0.1, -0.05) is 42.5 Å². The Morgan fingerprint density at radius 2 is 1.62 bits per heavy atom. The van der Waals surface area contributed by atoms with Crippen LogP contribution in [-0.2, 0) is 4.79 Å². The van der Waals surface area contributed by atoms with Crippen molar-refractivity contribution < 1.29 is 33.7 Å². The Balaban J connectivity index is 0.000000349. The molecule has 1 N–H and O–H groups in total. The summed E-state index contributed by atoms with van der Waals surface area (Å²) in [7, 11) is -3.19. The van der Waals surface area contributed by atoms with Gasteiger partial charge in [0.2, 0.25) is 0 Å². The first-order valence-electron chi connectivity index (χ1n) is 7.35. The van der Waals surface area contributed by atoms with Crippen LogP contribution in [-0.4, -0.2) is 26.1 Å². The van der Waals surface area contributed by atoms with E-state index in [4.69, 9.17) is 18.6 Å². The molecule has 4 rings (SSSR count). The molecule has 2 aromatic rings. The van der Waals surface area contributed by atoms with Crippen LogP contribution in [0.1, 0.15) is 12.5 Å². The molecule has 2 aliphatic heterocycles. The van der Waals surface area contributed by atoms with Gasteiger partial charge in [-0.3, -0.25) is 9.69 Å². The maximum absolute atomic E-state index is 12.8. The minimum atomic E-state index is -4.69. The Morgan fingerprint density at radius 3 is 2.27 bits per heavy atom. The number of amides is 1. The number of benzene rings is 2. The van der Waals surface area contributed by atoms with Crippen molar-refractivity contribution in [3.8, 4) is 0 Å². The number of carbonyl (C=O) groups excluding carboxylic acids is 1. The lowest BCUT2D eigenvalue weighted by Crippen LogP contribution is -2.58. The van der Waals surface area contributed by atoms with Gasteiger partial charge in [0.15, 0.2) is 0 Å². The maximum atomic E-state index is 12.8. The van der Waals surface area contributed by atoms with E-state index in [1.54, 1.807) is 4.90 Å². The van der Waals surface area contributed by atoms with E-state index in [1.165, 1.54) is 10.9 Å². The van der Waals surface area contributed by atoms with Gasteiger partial charge in [0.25, 0.3) is 5.91 Å². The molecule has 0 aliphatic carbocycles. The number of rotatable bonds is 1. The summed E-state index contributed by atoms with van der Waals surface area (Å²) in [6.45, 7) is 1.95. The van der Waals surface area contributed by atoms with E-state index in [2.05, 4.69) is 4.99 Å². The average Bonchev–Trinajstić information content (AvgIpc) is 2.93. The zero-order valence-electron chi connectivity index (χ0n) is 13.5. The molecule has 0 radical (unpaired) electrons. The Hall–Kier alpha value is -2.33. The molecule has 0 unspecified atom stereocenters. The minimum Gasteiger partial charge on any atom is -0.267 e. The molecule has 2 heterocycles. The van der Waals surface area contributed by atoms with Gasteiger partial charge < -0.3 is 0 Å². The molecule has 0 fully saturated rings. The van der Waals surface area contributed by atoms with Crippen LogP contribution in [0.3, 0.4) is 0 Å². The highest BCUT2D eigenvalue weighted by molar-refractivity contribution is 8.02. The van der Waals surface area contributed by atoms with Crippen molar-refractivity contribution in [3.63, 3.8) is 0 Å². The molecule has 2 aromatic carbocycles. The Morgan fingerprint density at radius 1 is 1.04 bits per heavy atom. The first kappa shape index (κ1) is 18.5. The molecular formula is C17H13ClN2O5S. The van der Waals surface area contributed by atoms with E-state index in [9.17, 15) is 4.79 Å². The second kappa shape index (κ2) is 7.12. The van der Waals surface area contributed by atoms with E-state index < -0.39 is 10.2 Å². The van der Waals surface area contributed by atoms with E-state index in [-0.39, 0.29) is 5.91 Å². The predicted molar refractivity (Wildman–Crippen MR) is 92.1 cm³/mol. The maximum Gasteiger partial charge on any atom is 0.274 e. The highest BCUT2D eigenvalue weighted by atomic mass is 35.7. The van der Waals surface area contributed by atoms with Crippen LogP contribution in [0.2, 0.25) is 0 Å². The van der Waals surface area contributed by atoms with Crippen molar-refractivity contribution in [2.45, 2.75) is 6.92 Å². The number of hydrogen-bond donors (Lipinski definition) is 1. The van der Waals surface area contributed by atoms with E-state index in [0.29, 0.717) is 0 Å². The van der Waals surface area contributed by atoms with Crippen LogP contribution < -0.4 is 18.9 Å². The summed E-state index contributed by atoms with van der Waals surface area (Å²) >= 11 is 0. The van der Waals surface area contributed by atoms with Crippen molar-refractivity contribution in [3.05, 3.63) is 60.2 Å². The SMILES string of the molecule is CC1=Nc2ccccc2N2C(=O)C(c3ccccc3)=S=C12.[O-][Cl+3]([O-])([O-])O. The third kappa shape index (κ3) is 3.91. The third-order valence-electron chi connectivity index (χ3n) is 3.56. The third-order valence-corrected chi connectivity index (χ3v) is 4.84. The number of aliphatic imine (C=N–C) groups is 1. The first-order chi connectivity index (χ1) is 12.3. The summed E-state index contributed by atoms with van der Waals surface area (Å²) in [5.74, 6) is 0.0305. The number of para-hydroxylation sites is 2. The second-order valence-corrected chi connectivity index (χ2v) is 7.12. The van der Waals surface area contributed by atoms with Crippen molar-refractivity contribution in [2.24, 2.45) is 4.99 Å². The summed E-state index contributed by atoms with van der Waals surface area (Å²) in [4.78, 5) is 20.9. The molecule has 7 nitrogen and oxygen atoms in total. The summed E-state index contributed by atoms with van der Waals surface area (Å²) in [5.41, 5.74) is 3.56. The lowest BCUT2D eigenvalue weighted by atomic mass is 10.1. The lowest BCUT2D eigenvalue weighted by molar-refractivity contribution is -1.92. The van der Waals surface area contributed by atoms with Crippen LogP contribution in [0, 0.1) is 10.2 Å². The molecule has 26 heavy (non-hydrogen) atoms. The van der Waals surface area contributed by atoms with Gasteiger partial charge in [0.1, 0.15) is 9.85 Å². The number of halogens is 1. The Labute approximate surface area is 154 Å². The van der Waals surface area contributed by atoms with E-state index in [1.807, 2.05) is 61.5 Å². The van der Waals surface area contributed by atoms with Crippen molar-refractivity contribution >= 4 is 43.8 Å². The molecule has 0 aromatic heterocycles. The zero-order valence-corrected chi connectivity index (χ0v) is 15.0. The van der Waals surface area contributed by atoms with Crippen molar-refractivity contribution in [2.75, 3.05) is 4.90 Å². The Bertz CT molecular complexity index is 957. The summed E-state index contributed by atoms with van der Waals surface area (Å²) < 4.78 is 32.7. The smallest absolute Gasteiger partial charge is 0.267 e. The first-order valence-corrected chi connectivity index (χ1v) is 9.43. The van der Waals surface area contributed by atoms with E-state index in [0.717, 1.165) is 32.5 Å². The number of fused-ring (bicyclic) bond motifs is 3. The zero-order chi connectivity index (χ0) is 18.9. The molecule has 134 valence electrons. The van der Waals surface area contributed by atoms with Crippen LogP contribution >= 0.6 is 10.9 Å². The normalized spacial score (nSPS) is 15.5. The van der Waals surface area contributed by atoms with Crippen LogP contribution in [0.4, 0.5) is 11.4 Å². The molecule has 0 bridgehead atoms. The van der Waals surface area contributed by atoms with Crippen LogP contribution in [0.15, 0.2) is 59.6 Å². The topological polar surface area (TPSA) is 122 Å². The van der Waals surface area contributed by atoms with Gasteiger partial charge in [0, 0.05) is 0 Å². The minimum absolute atomic E-state index is 0.0305. The fourth-order valence-electron chi connectivity index (χ4n) is 2.58. The number of hydrogen-bond acceptors (Lipinski definition) is 6. The van der Waals surface area contributed by atoms with Gasteiger partial charge in [0.05, 0.1) is 32.0 Å². The van der Waals surface area contributed by atoms with Crippen LogP contribution in [0.5, 0.6) is 0 Å². The molecule has 1 amide bonds.